The van der Waals surface area contributed by atoms with E-state index in [0.29, 0.717) is 28.3 Å². The molecule has 5 rings (SSSR count). The average Bonchev–Trinajstić information content (AvgIpc) is 3.35. The van der Waals surface area contributed by atoms with Gasteiger partial charge in [-0.1, -0.05) is 48.2 Å². The molecule has 0 spiro atoms. The van der Waals surface area contributed by atoms with E-state index in [1.165, 1.54) is 13.3 Å². The van der Waals surface area contributed by atoms with Gasteiger partial charge in [-0.25, -0.2) is 4.79 Å². The molecule has 4 aromatic carbocycles. The molecule has 2 amide bonds. The highest BCUT2D eigenvalue weighted by Crippen LogP contribution is 2.30. The number of carbonyl (C=O) groups is 3. The summed E-state index contributed by atoms with van der Waals surface area (Å²) in [7, 11) is 3.05. The van der Waals surface area contributed by atoms with E-state index in [0.717, 1.165) is 22.5 Å². The number of esters is 1. The Balaban J connectivity index is 1.22. The first kappa shape index (κ1) is 28.4. The van der Waals surface area contributed by atoms with Crippen molar-refractivity contribution in [2.45, 2.75) is 11.7 Å². The Hall–Kier alpha value is -5.16. The van der Waals surface area contributed by atoms with Crippen LogP contribution in [0, 0.1) is 0 Å². The average molecular weight is 583 g/mol. The first-order valence-corrected chi connectivity index (χ1v) is 13.7. The van der Waals surface area contributed by atoms with Gasteiger partial charge in [-0.3, -0.25) is 9.59 Å². The zero-order valence-electron chi connectivity index (χ0n) is 22.7. The highest BCUT2D eigenvalue weighted by molar-refractivity contribution is 8.15. The molecule has 1 saturated heterocycles. The van der Waals surface area contributed by atoms with Crippen LogP contribution in [0.3, 0.4) is 0 Å². The fourth-order valence-electron chi connectivity index (χ4n) is 4.20. The molecule has 4 aromatic rings. The molecule has 2 N–H and O–H groups in total. The molecule has 0 unspecified atom stereocenters. The third-order valence-corrected chi connectivity index (χ3v) is 7.35. The Morgan fingerprint density at radius 2 is 1.74 bits per heavy atom. The monoisotopic (exact) mass is 582 g/mol. The maximum Gasteiger partial charge on any atom is 0.344 e. The van der Waals surface area contributed by atoms with Crippen LogP contribution in [0.15, 0.2) is 95.1 Å². The van der Waals surface area contributed by atoms with E-state index < -0.39 is 11.2 Å². The van der Waals surface area contributed by atoms with Crippen molar-refractivity contribution in [3.8, 4) is 17.2 Å². The fourth-order valence-corrected chi connectivity index (χ4v) is 5.12. The highest BCUT2D eigenvalue weighted by Gasteiger charge is 2.32. The molecule has 0 aromatic heterocycles. The molecule has 1 aliphatic heterocycles. The number of nitrogens with zero attached hydrogens (tertiary/aromatic N) is 2. The summed E-state index contributed by atoms with van der Waals surface area (Å²) in [5, 5.41) is 14.9. The molecule has 0 bridgehead atoms. The molecule has 212 valence electrons. The van der Waals surface area contributed by atoms with Crippen LogP contribution >= 0.6 is 11.8 Å². The van der Waals surface area contributed by atoms with Crippen molar-refractivity contribution < 1.29 is 28.6 Å². The highest BCUT2D eigenvalue weighted by atomic mass is 32.2. The number of nitrogens with one attached hydrogen (secondary N) is 2. The first-order chi connectivity index (χ1) is 20.4. The van der Waals surface area contributed by atoms with Gasteiger partial charge >= 0.3 is 5.97 Å². The molecule has 11 heteroatoms. The summed E-state index contributed by atoms with van der Waals surface area (Å²) in [5.41, 5.74) is 1.62. The van der Waals surface area contributed by atoms with Gasteiger partial charge in [0.15, 0.2) is 16.7 Å². The first-order valence-electron chi connectivity index (χ1n) is 12.8. The topological polar surface area (TPSA) is 128 Å². The van der Waals surface area contributed by atoms with Gasteiger partial charge in [0.2, 0.25) is 11.8 Å². The number of benzene rings is 4. The van der Waals surface area contributed by atoms with E-state index in [4.69, 9.17) is 14.2 Å². The lowest BCUT2D eigenvalue weighted by molar-refractivity contribution is -0.122. The third kappa shape index (κ3) is 6.76. The van der Waals surface area contributed by atoms with Gasteiger partial charge in [0, 0.05) is 12.1 Å². The van der Waals surface area contributed by atoms with Crippen molar-refractivity contribution in [2.75, 3.05) is 19.5 Å². The van der Waals surface area contributed by atoms with Gasteiger partial charge in [-0.15, -0.1) is 5.10 Å². The number of rotatable bonds is 9. The molecule has 0 aliphatic carbocycles. The zero-order valence-corrected chi connectivity index (χ0v) is 23.5. The second-order valence-electron chi connectivity index (χ2n) is 9.05. The predicted molar refractivity (Wildman–Crippen MR) is 163 cm³/mol. The van der Waals surface area contributed by atoms with E-state index in [1.54, 1.807) is 61.7 Å². The Kier molecular flexibility index (Phi) is 8.78. The van der Waals surface area contributed by atoms with E-state index in [-0.39, 0.29) is 29.2 Å². The number of fused-ring (bicyclic) bond motifs is 1. The van der Waals surface area contributed by atoms with Crippen molar-refractivity contribution in [2.24, 2.45) is 10.2 Å². The number of amides is 2. The number of methoxy groups -OCH3 is 2. The molecule has 42 heavy (non-hydrogen) atoms. The van der Waals surface area contributed by atoms with Crippen molar-refractivity contribution >= 4 is 57.4 Å². The predicted octanol–water partition coefficient (Wildman–Crippen LogP) is 5.03. The number of thioether (sulfide) groups is 1. The number of ether oxygens (including phenoxy) is 3. The molecule has 0 radical (unpaired) electrons. The smallest absolute Gasteiger partial charge is 0.344 e. The van der Waals surface area contributed by atoms with Crippen molar-refractivity contribution in [1.82, 2.24) is 5.32 Å². The van der Waals surface area contributed by atoms with Crippen LogP contribution in [0.2, 0.25) is 0 Å². The Morgan fingerprint density at radius 3 is 2.52 bits per heavy atom. The van der Waals surface area contributed by atoms with Crippen molar-refractivity contribution in [3.63, 3.8) is 0 Å². The van der Waals surface area contributed by atoms with Crippen LogP contribution in [0.25, 0.3) is 10.8 Å². The molecule has 1 fully saturated rings. The number of hydrogen-bond donors (Lipinski definition) is 2. The van der Waals surface area contributed by atoms with Gasteiger partial charge in [-0.05, 0) is 64.9 Å². The van der Waals surface area contributed by atoms with Crippen LogP contribution < -0.4 is 24.8 Å². The molecule has 1 atom stereocenters. The second-order valence-corrected chi connectivity index (χ2v) is 10.2. The minimum absolute atomic E-state index is 0.0326. The van der Waals surface area contributed by atoms with E-state index in [1.807, 2.05) is 30.3 Å². The minimum atomic E-state index is -0.640. The maximum absolute atomic E-state index is 13.1. The summed E-state index contributed by atoms with van der Waals surface area (Å²) in [4.78, 5) is 37.9. The Labute approximate surface area is 245 Å². The summed E-state index contributed by atoms with van der Waals surface area (Å²) in [6, 6.07) is 24.9. The van der Waals surface area contributed by atoms with Gasteiger partial charge in [-0.2, -0.15) is 5.10 Å². The van der Waals surface area contributed by atoms with Crippen LogP contribution in [-0.4, -0.2) is 48.6 Å². The molecule has 1 heterocycles. The standard InChI is InChI=1S/C31H26N4O6S/c1-39-22-13-11-21(12-14-22)33-28(36)17-27-29(37)34-31(42-27)35-32-18-19-10-15-25(40-2)26(16-19)41-30(38)24-9-5-7-20-6-3-4-8-23(20)24/h3-16,18,27H,17H2,1-2H3,(H,33,36)(H,34,35,37)/b32-18-/t27-/m0/s1. The van der Waals surface area contributed by atoms with Gasteiger partial charge in [0.25, 0.3) is 0 Å². The van der Waals surface area contributed by atoms with Gasteiger partial charge in [0.1, 0.15) is 11.0 Å². The number of carbonyl (C=O) groups excluding carboxylic acids is 3. The minimum Gasteiger partial charge on any atom is -0.497 e. The molecular formula is C31H26N4O6S. The summed E-state index contributed by atoms with van der Waals surface area (Å²) < 4.78 is 16.2. The normalized spacial score (nSPS) is 15.5. The van der Waals surface area contributed by atoms with Gasteiger partial charge in [0.05, 0.1) is 26.0 Å². The summed E-state index contributed by atoms with van der Waals surface area (Å²) >= 11 is 1.12. The lowest BCUT2D eigenvalue weighted by Crippen LogP contribution is -2.28. The van der Waals surface area contributed by atoms with E-state index in [9.17, 15) is 14.4 Å². The van der Waals surface area contributed by atoms with Crippen molar-refractivity contribution in [3.05, 3.63) is 96.1 Å². The quantitative estimate of drug-likeness (QED) is 0.123. The van der Waals surface area contributed by atoms with E-state index >= 15 is 0 Å². The lowest BCUT2D eigenvalue weighted by atomic mass is 10.0. The van der Waals surface area contributed by atoms with Crippen LogP contribution in [0.5, 0.6) is 17.2 Å². The Morgan fingerprint density at radius 1 is 0.952 bits per heavy atom. The fraction of sp³-hybridized carbons (Fsp3) is 0.129. The second kappa shape index (κ2) is 13.0. The largest absolute Gasteiger partial charge is 0.497 e. The van der Waals surface area contributed by atoms with Gasteiger partial charge < -0.3 is 24.8 Å². The van der Waals surface area contributed by atoms with Crippen LogP contribution in [0.4, 0.5) is 5.69 Å². The van der Waals surface area contributed by atoms with Crippen molar-refractivity contribution in [1.29, 1.82) is 0 Å². The molecule has 1 aliphatic rings. The van der Waals surface area contributed by atoms with E-state index in [2.05, 4.69) is 20.8 Å². The molecule has 10 nitrogen and oxygen atoms in total. The maximum atomic E-state index is 13.1. The van der Waals surface area contributed by atoms with Crippen LogP contribution in [-0.2, 0) is 9.59 Å². The lowest BCUT2D eigenvalue weighted by Gasteiger charge is -2.11. The summed E-state index contributed by atoms with van der Waals surface area (Å²) in [6.07, 6.45) is 1.42. The molecular weight excluding hydrogens is 556 g/mol. The number of hydrogen-bond acceptors (Lipinski definition) is 9. The molecule has 0 saturated carbocycles. The summed E-state index contributed by atoms with van der Waals surface area (Å²) in [6.45, 7) is 0. The number of anilines is 1. The SMILES string of the molecule is COc1ccc(NC(=O)C[C@@H]2S/C(=N\N=C/c3ccc(OC)c(OC(=O)c4cccc5ccccc45)c3)NC2=O)cc1. The van der Waals surface area contributed by atoms with Crippen LogP contribution in [0.1, 0.15) is 22.3 Å². The third-order valence-electron chi connectivity index (χ3n) is 6.28. The zero-order chi connectivity index (χ0) is 29.5. The number of amidine groups is 1. The summed E-state index contributed by atoms with van der Waals surface area (Å²) in [5.74, 6) is 0.117. The Bertz CT molecular complexity index is 1700.